The molecule has 136 valence electrons. The number of hydrogen-bond acceptors (Lipinski definition) is 3. The normalized spacial score (nSPS) is 15.3. The fourth-order valence-corrected chi connectivity index (χ4v) is 3.81. The molecule has 0 bridgehead atoms. The van der Waals surface area contributed by atoms with Gasteiger partial charge in [-0.2, -0.15) is 0 Å². The summed E-state index contributed by atoms with van der Waals surface area (Å²) in [5, 5.41) is 0.827. The van der Waals surface area contributed by atoms with Crippen molar-refractivity contribution in [3.63, 3.8) is 0 Å². The number of aryl methyl sites for hydroxylation is 2. The summed E-state index contributed by atoms with van der Waals surface area (Å²) in [6.45, 7) is -0.270. The minimum Gasteiger partial charge on any atom is -0.447 e. The molecule has 4 aromatic rings. The van der Waals surface area contributed by atoms with Gasteiger partial charge in [0.25, 0.3) is 5.82 Å². The predicted molar refractivity (Wildman–Crippen MR) is 115 cm³/mol. The molecule has 0 atom stereocenters. The van der Waals surface area contributed by atoms with Gasteiger partial charge in [0.15, 0.2) is 0 Å². The number of fused-ring (bicyclic) bond motifs is 3. The van der Waals surface area contributed by atoms with Gasteiger partial charge >= 0.3 is 6.85 Å². The summed E-state index contributed by atoms with van der Waals surface area (Å²) in [7, 11) is 2.02. The summed E-state index contributed by atoms with van der Waals surface area (Å²) >= 11 is 0. The van der Waals surface area contributed by atoms with Gasteiger partial charge in [-0.1, -0.05) is 30.3 Å². The summed E-state index contributed by atoms with van der Waals surface area (Å²) < 4.78 is 31.0. The maximum atomic E-state index is 7.61. The van der Waals surface area contributed by atoms with Crippen molar-refractivity contribution in [2.24, 2.45) is 7.05 Å². The zero-order valence-electron chi connectivity index (χ0n) is 18.8. The Morgan fingerprint density at radius 2 is 1.96 bits per heavy atom. The monoisotopic (exact) mass is 369 g/mol. The molecule has 1 aliphatic heterocycles. The number of aromatic nitrogens is 2. The van der Waals surface area contributed by atoms with E-state index in [1.165, 1.54) is 0 Å². The molecule has 1 aromatic carbocycles. The fourth-order valence-electron chi connectivity index (χ4n) is 3.81. The number of benzene rings is 1. The molecular weight excluding hydrogens is 345 g/mol. The molecule has 1 aliphatic rings. The molecular formula is C23H21BN3O+. The van der Waals surface area contributed by atoms with E-state index >= 15 is 0 Å². The lowest BCUT2D eigenvalue weighted by molar-refractivity contribution is -0.658. The lowest BCUT2D eigenvalue weighted by Crippen LogP contribution is -2.50. The van der Waals surface area contributed by atoms with E-state index in [1.54, 1.807) is 12.1 Å². The van der Waals surface area contributed by atoms with Crippen LogP contribution in [-0.4, -0.2) is 11.8 Å². The van der Waals surface area contributed by atoms with E-state index < -0.39 is 6.85 Å². The zero-order chi connectivity index (χ0) is 21.8. The van der Waals surface area contributed by atoms with E-state index in [0.29, 0.717) is 5.71 Å². The Labute approximate surface area is 169 Å². The van der Waals surface area contributed by atoms with Crippen LogP contribution >= 0.6 is 0 Å². The van der Waals surface area contributed by atoms with Crippen LogP contribution < -0.4 is 15.0 Å². The summed E-state index contributed by atoms with van der Waals surface area (Å²) in [5.74, 6) is 1.02. The number of furan rings is 1. The Bertz CT molecular complexity index is 1320. The first kappa shape index (κ1) is 13.8. The molecule has 0 N–H and O–H groups in total. The Balaban J connectivity index is 1.57. The molecule has 5 heteroatoms. The average Bonchev–Trinajstić information content (AvgIpc) is 3.14. The van der Waals surface area contributed by atoms with Crippen LogP contribution in [0.3, 0.4) is 0 Å². The number of nitrogens with zero attached hydrogens (tertiary/aromatic N) is 3. The molecule has 4 heterocycles. The highest BCUT2D eigenvalue weighted by atomic mass is 16.3. The molecule has 4 nitrogen and oxygen atoms in total. The van der Waals surface area contributed by atoms with Crippen molar-refractivity contribution in [2.75, 3.05) is 4.81 Å². The fraction of sp³-hybridized carbons (Fsp3) is 0.130. The molecule has 3 aromatic heterocycles. The number of pyridine rings is 2. The summed E-state index contributed by atoms with van der Waals surface area (Å²) in [6.07, 6.45) is 6.10. The van der Waals surface area contributed by atoms with Crippen molar-refractivity contribution in [1.29, 1.82) is 0 Å². The van der Waals surface area contributed by atoms with Crippen LogP contribution in [0, 0.1) is 6.85 Å². The molecule has 0 unspecified atom stereocenters. The zero-order valence-corrected chi connectivity index (χ0v) is 15.8. The third-order valence-corrected chi connectivity index (χ3v) is 5.32. The lowest BCUT2D eigenvalue weighted by Gasteiger charge is -2.22. The number of rotatable bonds is 2. The second-order valence-electron chi connectivity index (χ2n) is 7.08. The Morgan fingerprint density at radius 1 is 1.11 bits per heavy atom. The predicted octanol–water partition coefficient (Wildman–Crippen LogP) is 3.95. The molecule has 0 radical (unpaired) electrons. The highest BCUT2D eigenvalue weighted by molar-refractivity contribution is 6.76. The van der Waals surface area contributed by atoms with Crippen molar-refractivity contribution in [2.45, 2.75) is 13.7 Å². The quantitative estimate of drug-likeness (QED) is 0.396. The van der Waals surface area contributed by atoms with E-state index in [0.717, 1.165) is 33.6 Å². The Kier molecular flexibility index (Phi) is 3.14. The molecule has 28 heavy (non-hydrogen) atoms. The van der Waals surface area contributed by atoms with Crippen LogP contribution in [0.15, 0.2) is 71.4 Å². The van der Waals surface area contributed by atoms with E-state index in [-0.39, 0.29) is 12.5 Å². The van der Waals surface area contributed by atoms with Gasteiger partial charge in [-0.15, -0.1) is 0 Å². The summed E-state index contributed by atoms with van der Waals surface area (Å²) in [4.78, 5) is 6.42. The van der Waals surface area contributed by atoms with Crippen LogP contribution in [0.5, 0.6) is 0 Å². The van der Waals surface area contributed by atoms with Crippen molar-refractivity contribution < 1.29 is 13.1 Å². The molecule has 0 amide bonds. The minimum atomic E-state index is -2.26. The van der Waals surface area contributed by atoms with E-state index in [9.17, 15) is 0 Å². The standard InChI is InChI=1S/C23H21BN3O/c1-16-9-10-20-19-12-14-27(24(2)22(19)28-23(20)25-16)21-15-18(11-13-26(21)3)17-7-5-4-6-8-17/h4-15H,1-3H3/q+1/i1D3. The van der Waals surface area contributed by atoms with Gasteiger partial charge in [-0.05, 0) is 49.1 Å². The second-order valence-corrected chi connectivity index (χ2v) is 7.08. The topological polar surface area (TPSA) is 33.2 Å². The highest BCUT2D eigenvalue weighted by Crippen LogP contribution is 2.28. The average molecular weight is 369 g/mol. The van der Waals surface area contributed by atoms with Crippen LogP contribution in [0.1, 0.15) is 15.4 Å². The third kappa shape index (κ3) is 2.62. The molecule has 0 saturated carbocycles. The van der Waals surface area contributed by atoms with Gasteiger partial charge in [0.1, 0.15) is 5.66 Å². The van der Waals surface area contributed by atoms with Gasteiger partial charge in [0.05, 0.1) is 19.4 Å². The maximum Gasteiger partial charge on any atom is 0.447 e. The largest absolute Gasteiger partial charge is 0.447 e. The molecule has 0 spiro atoms. The first-order valence-corrected chi connectivity index (χ1v) is 9.28. The maximum absolute atomic E-state index is 7.61. The highest BCUT2D eigenvalue weighted by Gasteiger charge is 2.38. The number of anilines is 1. The van der Waals surface area contributed by atoms with Crippen molar-refractivity contribution in [3.05, 3.63) is 78.3 Å². The SMILES string of the molecule is [2H]C([2H])([2H])c1ccc2c3c(oc2n1)B(C)N(c1cc(-c2ccccc2)cc[n+]1C)C=C3. The van der Waals surface area contributed by atoms with Crippen LogP contribution in [-0.2, 0) is 7.05 Å². The first-order valence-electron chi connectivity index (χ1n) is 10.8. The van der Waals surface area contributed by atoms with Gasteiger partial charge in [-0.3, -0.25) is 4.81 Å². The van der Waals surface area contributed by atoms with Gasteiger partial charge in [0, 0.05) is 26.8 Å². The van der Waals surface area contributed by atoms with Crippen LogP contribution in [0.25, 0.3) is 28.3 Å². The van der Waals surface area contributed by atoms with Crippen LogP contribution in [0.4, 0.5) is 5.82 Å². The summed E-state index contributed by atoms with van der Waals surface area (Å²) in [5.41, 5.74) is 4.42. The minimum absolute atomic E-state index is 0.0431. The molecule has 0 saturated heterocycles. The van der Waals surface area contributed by atoms with E-state index in [2.05, 4.69) is 51.6 Å². The van der Waals surface area contributed by atoms with E-state index in [1.807, 2.05) is 37.5 Å². The van der Waals surface area contributed by atoms with Crippen LogP contribution in [0.2, 0.25) is 6.82 Å². The first-order chi connectivity index (χ1) is 14.8. The van der Waals surface area contributed by atoms with Gasteiger partial charge < -0.3 is 4.42 Å². The van der Waals surface area contributed by atoms with Gasteiger partial charge in [-0.25, -0.2) is 9.55 Å². The van der Waals surface area contributed by atoms with Crippen molar-refractivity contribution >= 4 is 35.5 Å². The summed E-state index contributed by atoms with van der Waals surface area (Å²) in [6, 6.07) is 17.9. The van der Waals surface area contributed by atoms with Crippen molar-refractivity contribution in [1.82, 2.24) is 4.98 Å². The lowest BCUT2D eigenvalue weighted by atomic mass is 9.58. The number of hydrogen-bond donors (Lipinski definition) is 0. The Morgan fingerprint density at radius 3 is 2.79 bits per heavy atom. The second kappa shape index (κ2) is 6.38. The van der Waals surface area contributed by atoms with Crippen molar-refractivity contribution in [3.8, 4) is 11.1 Å². The molecule has 0 fully saturated rings. The third-order valence-electron chi connectivity index (χ3n) is 5.32. The smallest absolute Gasteiger partial charge is 0.447 e. The molecule has 0 aliphatic carbocycles. The van der Waals surface area contributed by atoms with E-state index in [4.69, 9.17) is 8.53 Å². The van der Waals surface area contributed by atoms with Gasteiger partial charge in [0.2, 0.25) is 5.71 Å². The molecule has 5 rings (SSSR count). The Hall–Kier alpha value is -3.34.